The summed E-state index contributed by atoms with van der Waals surface area (Å²) in [5.74, 6) is 0. The van der Waals surface area contributed by atoms with Crippen LogP contribution in [-0.4, -0.2) is 42.6 Å². The number of rotatable bonds is 3. The third-order valence-corrected chi connectivity index (χ3v) is 4.54. The molecule has 0 radical (unpaired) electrons. The lowest BCUT2D eigenvalue weighted by molar-refractivity contribution is 0.244. The Labute approximate surface area is 122 Å². The van der Waals surface area contributed by atoms with Gasteiger partial charge in [0.05, 0.1) is 15.6 Å². The fourth-order valence-corrected chi connectivity index (χ4v) is 2.99. The molecule has 0 bridgehead atoms. The Balaban J connectivity index is 1.76. The number of nitrogens with zero attached hydrogens (tertiary/aromatic N) is 1. The predicted octanol–water partition coefficient (Wildman–Crippen LogP) is 2.92. The van der Waals surface area contributed by atoms with Crippen LogP contribution in [0, 0.1) is 0 Å². The summed E-state index contributed by atoms with van der Waals surface area (Å²) in [6.45, 7) is 5.55. The molecule has 0 saturated carbocycles. The minimum Gasteiger partial charge on any atom is -0.360 e. The average molecular weight is 298 g/mol. The van der Waals surface area contributed by atoms with Crippen LogP contribution in [0.3, 0.4) is 0 Å². The third-order valence-electron chi connectivity index (χ3n) is 3.74. The lowest BCUT2D eigenvalue weighted by atomic mass is 10.1. The van der Waals surface area contributed by atoms with Crippen molar-refractivity contribution in [2.75, 3.05) is 32.7 Å². The Hall–Kier alpha value is -0.740. The highest BCUT2D eigenvalue weighted by molar-refractivity contribution is 6.45. The van der Waals surface area contributed by atoms with Gasteiger partial charge in [0, 0.05) is 44.3 Å². The zero-order valence-electron chi connectivity index (χ0n) is 10.7. The number of aromatic amines is 1. The molecule has 0 amide bonds. The highest BCUT2D eigenvalue weighted by atomic mass is 35.5. The van der Waals surface area contributed by atoms with Crippen molar-refractivity contribution < 1.29 is 0 Å². The molecule has 1 aliphatic rings. The van der Waals surface area contributed by atoms with Crippen molar-refractivity contribution in [3.8, 4) is 0 Å². The molecular formula is C14H17Cl2N3. The molecule has 2 heterocycles. The van der Waals surface area contributed by atoms with Gasteiger partial charge in [-0.05, 0) is 18.1 Å². The summed E-state index contributed by atoms with van der Waals surface area (Å²) in [6.07, 6.45) is 3.09. The van der Waals surface area contributed by atoms with Gasteiger partial charge in [0.25, 0.3) is 0 Å². The topological polar surface area (TPSA) is 31.1 Å². The van der Waals surface area contributed by atoms with Crippen molar-refractivity contribution in [1.82, 2.24) is 15.2 Å². The Morgan fingerprint density at radius 2 is 1.95 bits per heavy atom. The predicted molar refractivity (Wildman–Crippen MR) is 81.3 cm³/mol. The highest BCUT2D eigenvalue weighted by Crippen LogP contribution is 2.31. The van der Waals surface area contributed by atoms with E-state index in [1.165, 1.54) is 10.9 Å². The molecule has 2 N–H and O–H groups in total. The fourth-order valence-electron chi connectivity index (χ4n) is 2.62. The molecule has 1 aromatic carbocycles. The molecule has 0 unspecified atom stereocenters. The van der Waals surface area contributed by atoms with E-state index in [4.69, 9.17) is 23.2 Å². The first-order valence-corrected chi connectivity index (χ1v) is 7.38. The molecule has 102 valence electrons. The van der Waals surface area contributed by atoms with Gasteiger partial charge >= 0.3 is 0 Å². The van der Waals surface area contributed by atoms with Crippen LogP contribution in [0.15, 0.2) is 18.3 Å². The molecule has 0 atom stereocenters. The van der Waals surface area contributed by atoms with E-state index in [0.29, 0.717) is 10.0 Å². The van der Waals surface area contributed by atoms with Crippen LogP contribution in [-0.2, 0) is 6.42 Å². The zero-order valence-corrected chi connectivity index (χ0v) is 12.2. The van der Waals surface area contributed by atoms with Crippen molar-refractivity contribution in [1.29, 1.82) is 0 Å². The van der Waals surface area contributed by atoms with E-state index in [9.17, 15) is 0 Å². The van der Waals surface area contributed by atoms with Crippen molar-refractivity contribution in [2.45, 2.75) is 6.42 Å². The number of fused-ring (bicyclic) bond motifs is 1. The molecule has 1 saturated heterocycles. The summed E-state index contributed by atoms with van der Waals surface area (Å²) in [6, 6.07) is 3.92. The summed E-state index contributed by atoms with van der Waals surface area (Å²) >= 11 is 12.2. The first-order chi connectivity index (χ1) is 9.25. The highest BCUT2D eigenvalue weighted by Gasteiger charge is 2.12. The number of halogens is 2. The molecule has 1 aromatic heterocycles. The van der Waals surface area contributed by atoms with Gasteiger partial charge in [0.15, 0.2) is 0 Å². The van der Waals surface area contributed by atoms with Gasteiger partial charge in [0.2, 0.25) is 0 Å². The molecule has 0 aliphatic carbocycles. The van der Waals surface area contributed by atoms with Crippen molar-refractivity contribution >= 4 is 34.1 Å². The van der Waals surface area contributed by atoms with Gasteiger partial charge in [0.1, 0.15) is 0 Å². The lowest BCUT2D eigenvalue weighted by Crippen LogP contribution is -2.44. The van der Waals surface area contributed by atoms with E-state index in [0.717, 1.165) is 44.7 Å². The van der Waals surface area contributed by atoms with E-state index in [2.05, 4.69) is 21.4 Å². The van der Waals surface area contributed by atoms with E-state index in [1.54, 1.807) is 0 Å². The lowest BCUT2D eigenvalue weighted by Gasteiger charge is -2.26. The summed E-state index contributed by atoms with van der Waals surface area (Å²) < 4.78 is 0. The summed E-state index contributed by atoms with van der Waals surface area (Å²) in [5.41, 5.74) is 2.26. The second-order valence-corrected chi connectivity index (χ2v) is 5.72. The van der Waals surface area contributed by atoms with Crippen LogP contribution < -0.4 is 5.32 Å². The zero-order chi connectivity index (χ0) is 13.2. The van der Waals surface area contributed by atoms with Crippen LogP contribution in [0.1, 0.15) is 5.56 Å². The maximum Gasteiger partial charge on any atom is 0.0833 e. The Morgan fingerprint density at radius 3 is 2.74 bits per heavy atom. The summed E-state index contributed by atoms with van der Waals surface area (Å²) in [5, 5.41) is 5.78. The minimum atomic E-state index is 0.602. The molecule has 1 fully saturated rings. The van der Waals surface area contributed by atoms with Crippen LogP contribution in [0.25, 0.3) is 10.9 Å². The first kappa shape index (κ1) is 13.3. The van der Waals surface area contributed by atoms with Gasteiger partial charge in [-0.2, -0.15) is 0 Å². The largest absolute Gasteiger partial charge is 0.360 e. The van der Waals surface area contributed by atoms with E-state index >= 15 is 0 Å². The van der Waals surface area contributed by atoms with Crippen LogP contribution in [0.4, 0.5) is 0 Å². The minimum absolute atomic E-state index is 0.602. The number of piperazine rings is 1. The smallest absolute Gasteiger partial charge is 0.0833 e. The van der Waals surface area contributed by atoms with Crippen molar-refractivity contribution in [2.24, 2.45) is 0 Å². The molecule has 19 heavy (non-hydrogen) atoms. The van der Waals surface area contributed by atoms with Gasteiger partial charge < -0.3 is 15.2 Å². The number of aromatic nitrogens is 1. The fraction of sp³-hybridized carbons (Fsp3) is 0.429. The van der Waals surface area contributed by atoms with Crippen LogP contribution >= 0.6 is 23.2 Å². The SMILES string of the molecule is Clc1ccc2c(CCN3CCNCC3)c[nH]c2c1Cl. The van der Waals surface area contributed by atoms with E-state index in [-0.39, 0.29) is 0 Å². The molecular weight excluding hydrogens is 281 g/mol. The Morgan fingerprint density at radius 1 is 1.16 bits per heavy atom. The second kappa shape index (κ2) is 5.71. The summed E-state index contributed by atoms with van der Waals surface area (Å²) in [7, 11) is 0. The van der Waals surface area contributed by atoms with Crippen LogP contribution in [0.5, 0.6) is 0 Å². The van der Waals surface area contributed by atoms with Crippen molar-refractivity contribution in [3.05, 3.63) is 33.9 Å². The second-order valence-electron chi connectivity index (χ2n) is 4.94. The molecule has 2 aromatic rings. The van der Waals surface area contributed by atoms with Gasteiger partial charge in [-0.3, -0.25) is 0 Å². The molecule has 1 aliphatic heterocycles. The third kappa shape index (κ3) is 2.75. The number of hydrogen-bond donors (Lipinski definition) is 2. The monoisotopic (exact) mass is 297 g/mol. The van der Waals surface area contributed by atoms with Gasteiger partial charge in [-0.15, -0.1) is 0 Å². The maximum absolute atomic E-state index is 6.21. The number of hydrogen-bond acceptors (Lipinski definition) is 2. The van der Waals surface area contributed by atoms with E-state index < -0.39 is 0 Å². The molecule has 3 rings (SSSR count). The number of H-pyrrole nitrogens is 1. The first-order valence-electron chi connectivity index (χ1n) is 6.63. The van der Waals surface area contributed by atoms with Crippen LogP contribution in [0.2, 0.25) is 10.0 Å². The summed E-state index contributed by atoms with van der Waals surface area (Å²) in [4.78, 5) is 5.73. The Kier molecular flexibility index (Phi) is 3.99. The normalized spacial score (nSPS) is 17.2. The number of benzene rings is 1. The maximum atomic E-state index is 6.21. The molecule has 3 nitrogen and oxygen atoms in total. The van der Waals surface area contributed by atoms with Gasteiger partial charge in [-0.1, -0.05) is 29.3 Å². The quantitative estimate of drug-likeness (QED) is 0.913. The van der Waals surface area contributed by atoms with Gasteiger partial charge in [-0.25, -0.2) is 0 Å². The molecule has 0 spiro atoms. The van der Waals surface area contributed by atoms with E-state index in [1.807, 2.05) is 12.1 Å². The Bertz CT molecular complexity index is 573. The van der Waals surface area contributed by atoms with Crippen molar-refractivity contribution in [3.63, 3.8) is 0 Å². The average Bonchev–Trinajstić information content (AvgIpc) is 2.86. The number of nitrogens with one attached hydrogen (secondary N) is 2. The molecule has 5 heteroatoms. The standard InChI is InChI=1S/C14H17Cl2N3/c15-12-2-1-11-10(9-18-14(11)13(12)16)3-6-19-7-4-17-5-8-19/h1-2,9,17-18H,3-8H2.